The second-order valence-electron chi connectivity index (χ2n) is 3.45. The van der Waals surface area contributed by atoms with Crippen LogP contribution in [0.2, 0.25) is 0 Å². The van der Waals surface area contributed by atoms with Crippen molar-refractivity contribution in [2.75, 3.05) is 12.9 Å². The number of aromatic nitrogens is 1. The van der Waals surface area contributed by atoms with Crippen LogP contribution in [0.4, 0.5) is 0 Å². The SMILES string of the molecule is COC(=O)C(C)CSCc1cncc(Br)c1. The first kappa shape index (κ1) is 13.5. The molecule has 0 aliphatic rings. The van der Waals surface area contributed by atoms with Gasteiger partial charge in [-0.05, 0) is 27.6 Å². The predicted molar refractivity (Wildman–Crippen MR) is 69.3 cm³/mol. The molecule has 0 aliphatic heterocycles. The molecule has 0 amide bonds. The van der Waals surface area contributed by atoms with E-state index >= 15 is 0 Å². The lowest BCUT2D eigenvalue weighted by Gasteiger charge is -2.08. The number of thioether (sulfide) groups is 1. The summed E-state index contributed by atoms with van der Waals surface area (Å²) < 4.78 is 5.64. The van der Waals surface area contributed by atoms with Crippen molar-refractivity contribution in [1.82, 2.24) is 4.98 Å². The summed E-state index contributed by atoms with van der Waals surface area (Å²) in [6.45, 7) is 1.87. The highest BCUT2D eigenvalue weighted by atomic mass is 79.9. The molecule has 0 fully saturated rings. The van der Waals surface area contributed by atoms with Crippen molar-refractivity contribution in [2.45, 2.75) is 12.7 Å². The van der Waals surface area contributed by atoms with Gasteiger partial charge in [0.25, 0.3) is 0 Å². The summed E-state index contributed by atoms with van der Waals surface area (Å²) in [4.78, 5) is 15.2. The third-order valence-electron chi connectivity index (χ3n) is 2.00. The number of carbonyl (C=O) groups excluding carboxylic acids is 1. The topological polar surface area (TPSA) is 39.2 Å². The van der Waals surface area contributed by atoms with Crippen molar-refractivity contribution in [3.63, 3.8) is 0 Å². The smallest absolute Gasteiger partial charge is 0.309 e. The lowest BCUT2D eigenvalue weighted by molar-refractivity contribution is -0.143. The lowest BCUT2D eigenvalue weighted by Crippen LogP contribution is -2.14. The van der Waals surface area contributed by atoms with E-state index in [0.717, 1.165) is 21.5 Å². The van der Waals surface area contributed by atoms with Crippen molar-refractivity contribution in [1.29, 1.82) is 0 Å². The third kappa shape index (κ3) is 4.53. The van der Waals surface area contributed by atoms with Gasteiger partial charge in [-0.25, -0.2) is 0 Å². The van der Waals surface area contributed by atoms with Crippen LogP contribution in [-0.4, -0.2) is 23.8 Å². The molecule has 1 unspecified atom stereocenters. The molecule has 88 valence electrons. The molecule has 1 atom stereocenters. The fourth-order valence-corrected chi connectivity index (χ4v) is 2.57. The Hall–Kier alpha value is -0.550. The van der Waals surface area contributed by atoms with E-state index in [4.69, 9.17) is 0 Å². The number of ether oxygens (including phenoxy) is 1. The van der Waals surface area contributed by atoms with E-state index in [2.05, 4.69) is 25.7 Å². The average Bonchev–Trinajstić information content (AvgIpc) is 2.28. The number of hydrogen-bond donors (Lipinski definition) is 0. The second-order valence-corrected chi connectivity index (χ2v) is 5.40. The van der Waals surface area contributed by atoms with Crippen LogP contribution in [0.25, 0.3) is 0 Å². The number of pyridine rings is 1. The Morgan fingerprint density at radius 1 is 1.62 bits per heavy atom. The zero-order valence-corrected chi connectivity index (χ0v) is 11.7. The van der Waals surface area contributed by atoms with Gasteiger partial charge in [-0.3, -0.25) is 9.78 Å². The highest BCUT2D eigenvalue weighted by Crippen LogP contribution is 2.18. The average molecular weight is 304 g/mol. The monoisotopic (exact) mass is 303 g/mol. The van der Waals surface area contributed by atoms with Gasteiger partial charge in [0.1, 0.15) is 0 Å². The van der Waals surface area contributed by atoms with E-state index in [1.54, 1.807) is 18.0 Å². The van der Waals surface area contributed by atoms with Crippen LogP contribution in [0.15, 0.2) is 22.9 Å². The maximum Gasteiger partial charge on any atom is 0.309 e. The van der Waals surface area contributed by atoms with Crippen LogP contribution in [0.5, 0.6) is 0 Å². The molecule has 0 saturated heterocycles. The number of esters is 1. The minimum Gasteiger partial charge on any atom is -0.469 e. The fraction of sp³-hybridized carbons (Fsp3) is 0.455. The minimum atomic E-state index is -0.153. The number of carbonyl (C=O) groups is 1. The lowest BCUT2D eigenvalue weighted by atomic mass is 10.2. The van der Waals surface area contributed by atoms with Crippen molar-refractivity contribution >= 4 is 33.7 Å². The fourth-order valence-electron chi connectivity index (χ4n) is 1.16. The zero-order valence-electron chi connectivity index (χ0n) is 9.27. The van der Waals surface area contributed by atoms with Gasteiger partial charge in [-0.15, -0.1) is 0 Å². The third-order valence-corrected chi connectivity index (χ3v) is 3.71. The summed E-state index contributed by atoms with van der Waals surface area (Å²) in [6, 6.07) is 2.03. The van der Waals surface area contributed by atoms with Gasteiger partial charge in [0, 0.05) is 28.4 Å². The second kappa shape index (κ2) is 6.91. The van der Waals surface area contributed by atoms with Gasteiger partial charge < -0.3 is 4.74 Å². The molecule has 1 heterocycles. The zero-order chi connectivity index (χ0) is 12.0. The summed E-state index contributed by atoms with van der Waals surface area (Å²) in [6.07, 6.45) is 3.59. The van der Waals surface area contributed by atoms with Crippen molar-refractivity contribution in [3.05, 3.63) is 28.5 Å². The number of halogens is 1. The molecular weight excluding hydrogens is 290 g/mol. The largest absolute Gasteiger partial charge is 0.469 e. The van der Waals surface area contributed by atoms with E-state index in [9.17, 15) is 4.79 Å². The maximum atomic E-state index is 11.2. The molecule has 0 bridgehead atoms. The van der Waals surface area contributed by atoms with E-state index in [1.165, 1.54) is 7.11 Å². The van der Waals surface area contributed by atoms with Crippen molar-refractivity contribution < 1.29 is 9.53 Å². The summed E-state index contributed by atoms with van der Waals surface area (Å²) in [5, 5.41) is 0. The summed E-state index contributed by atoms with van der Waals surface area (Å²) in [5.74, 6) is 1.41. The van der Waals surface area contributed by atoms with Gasteiger partial charge in [0.05, 0.1) is 13.0 Å². The summed E-state index contributed by atoms with van der Waals surface area (Å²) in [5.41, 5.74) is 1.15. The Balaban J connectivity index is 2.33. The van der Waals surface area contributed by atoms with Crippen LogP contribution >= 0.6 is 27.7 Å². The highest BCUT2D eigenvalue weighted by molar-refractivity contribution is 9.10. The predicted octanol–water partition coefficient (Wildman–Crippen LogP) is 2.89. The van der Waals surface area contributed by atoms with Gasteiger partial charge in [-0.1, -0.05) is 6.92 Å². The first-order chi connectivity index (χ1) is 7.63. The Bertz CT molecular complexity index is 360. The molecule has 5 heteroatoms. The normalized spacial score (nSPS) is 12.2. The van der Waals surface area contributed by atoms with Gasteiger partial charge in [-0.2, -0.15) is 11.8 Å². The molecule has 0 aromatic carbocycles. The number of rotatable bonds is 5. The van der Waals surface area contributed by atoms with Gasteiger partial charge >= 0.3 is 5.97 Å². The van der Waals surface area contributed by atoms with E-state index in [1.807, 2.05) is 19.2 Å². The molecule has 16 heavy (non-hydrogen) atoms. The first-order valence-electron chi connectivity index (χ1n) is 4.88. The molecule has 0 saturated carbocycles. The van der Waals surface area contributed by atoms with Crippen molar-refractivity contribution in [3.8, 4) is 0 Å². The van der Waals surface area contributed by atoms with Gasteiger partial charge in [0.15, 0.2) is 0 Å². The molecule has 0 radical (unpaired) electrons. The molecule has 1 aromatic rings. The summed E-state index contributed by atoms with van der Waals surface area (Å²) in [7, 11) is 1.42. The highest BCUT2D eigenvalue weighted by Gasteiger charge is 2.12. The Kier molecular flexibility index (Phi) is 5.84. The maximum absolute atomic E-state index is 11.2. The molecule has 0 spiro atoms. The minimum absolute atomic E-state index is 0.0601. The van der Waals surface area contributed by atoms with Crippen LogP contribution in [0.3, 0.4) is 0 Å². The molecule has 1 rings (SSSR count). The number of nitrogens with zero attached hydrogens (tertiary/aromatic N) is 1. The van der Waals surface area contributed by atoms with E-state index in [0.29, 0.717) is 0 Å². The molecule has 3 nitrogen and oxygen atoms in total. The Morgan fingerprint density at radius 3 is 3.00 bits per heavy atom. The standard InChI is InChI=1S/C11H14BrNO2S/c1-8(11(14)15-2)6-16-7-9-3-10(12)5-13-4-9/h3-5,8H,6-7H2,1-2H3. The van der Waals surface area contributed by atoms with Crippen LogP contribution in [0.1, 0.15) is 12.5 Å². The van der Waals surface area contributed by atoms with E-state index in [-0.39, 0.29) is 11.9 Å². The number of methoxy groups -OCH3 is 1. The van der Waals surface area contributed by atoms with Gasteiger partial charge in [0.2, 0.25) is 0 Å². The van der Waals surface area contributed by atoms with Crippen LogP contribution in [0, 0.1) is 5.92 Å². The van der Waals surface area contributed by atoms with Crippen LogP contribution in [-0.2, 0) is 15.3 Å². The van der Waals surface area contributed by atoms with Crippen LogP contribution < -0.4 is 0 Å². The molecular formula is C11H14BrNO2S. The van der Waals surface area contributed by atoms with Crippen molar-refractivity contribution in [2.24, 2.45) is 5.92 Å². The molecule has 1 aromatic heterocycles. The Morgan fingerprint density at radius 2 is 2.38 bits per heavy atom. The Labute approximate surface area is 108 Å². The molecule has 0 aliphatic carbocycles. The first-order valence-corrected chi connectivity index (χ1v) is 6.83. The van der Waals surface area contributed by atoms with E-state index < -0.39 is 0 Å². The quantitative estimate of drug-likeness (QED) is 0.784. The number of hydrogen-bond acceptors (Lipinski definition) is 4. The molecule has 0 N–H and O–H groups in total. The summed E-state index contributed by atoms with van der Waals surface area (Å²) >= 11 is 5.08.